The monoisotopic (exact) mass is 448 g/mol. The van der Waals surface area contributed by atoms with E-state index in [9.17, 15) is 14.3 Å². The van der Waals surface area contributed by atoms with Gasteiger partial charge in [-0.2, -0.15) is 0 Å². The molecule has 2 atom stereocenters. The van der Waals surface area contributed by atoms with E-state index in [1.54, 1.807) is 29.9 Å². The van der Waals surface area contributed by atoms with Gasteiger partial charge in [0, 0.05) is 31.6 Å². The lowest BCUT2D eigenvalue weighted by Gasteiger charge is -2.40. The van der Waals surface area contributed by atoms with Gasteiger partial charge in [-0.3, -0.25) is 4.79 Å². The number of aliphatic hydroxyl groups excluding tert-OH is 1. The fraction of sp³-hybridized carbons (Fsp3) is 0.296. The molecule has 1 aliphatic rings. The van der Waals surface area contributed by atoms with Crippen LogP contribution in [0.4, 0.5) is 4.39 Å². The third-order valence-corrected chi connectivity index (χ3v) is 6.37. The van der Waals surface area contributed by atoms with E-state index in [0.717, 1.165) is 16.7 Å². The van der Waals surface area contributed by atoms with Crippen molar-refractivity contribution in [2.45, 2.75) is 31.4 Å². The first-order valence-corrected chi connectivity index (χ1v) is 11.2. The molecule has 1 unspecified atom stereocenters. The molecule has 0 bridgehead atoms. The van der Waals surface area contributed by atoms with Gasteiger partial charge >= 0.3 is 0 Å². The molecule has 33 heavy (non-hydrogen) atoms. The number of hydrogen-bond acceptors (Lipinski definition) is 4. The van der Waals surface area contributed by atoms with Crippen LogP contribution in [0.15, 0.2) is 83.9 Å². The predicted octanol–water partition coefficient (Wildman–Crippen LogP) is 4.72. The van der Waals surface area contributed by atoms with E-state index in [1.807, 2.05) is 48.7 Å². The Morgan fingerprint density at radius 2 is 1.85 bits per heavy atom. The topological polar surface area (TPSA) is 54.7 Å². The first-order chi connectivity index (χ1) is 15.9. The molecule has 0 saturated carbocycles. The Hall–Kier alpha value is -3.22. The van der Waals surface area contributed by atoms with Gasteiger partial charge in [0.1, 0.15) is 18.1 Å². The number of aromatic nitrogens is 1. The summed E-state index contributed by atoms with van der Waals surface area (Å²) in [4.78, 5) is 14.5. The Bertz CT molecular complexity index is 1170. The molecule has 0 saturated heterocycles. The molecular weight excluding hydrogens is 419 g/mol. The summed E-state index contributed by atoms with van der Waals surface area (Å²) in [7, 11) is 1.75. The van der Waals surface area contributed by atoms with Crippen LogP contribution in [-0.2, 0) is 17.4 Å². The van der Waals surface area contributed by atoms with Gasteiger partial charge < -0.3 is 19.3 Å². The molecule has 5 nitrogen and oxygen atoms in total. The third kappa shape index (κ3) is 4.77. The molecule has 0 aliphatic carbocycles. The number of aryl methyl sites for hydroxylation is 1. The highest BCUT2D eigenvalue weighted by molar-refractivity contribution is 5.62. The molecule has 0 spiro atoms. The maximum atomic E-state index is 13.4. The lowest BCUT2D eigenvalue weighted by atomic mass is 9.88. The standard InChI is InChI=1S/C27H29FN2O3/c1-20(21-6-8-22(9-7-21)25-5-3-16-29(2)26(25)32)30-17-15-27(33-19-30,14-4-18-31)23-10-12-24(28)13-11-23/h3,5-13,15-17,20,31H,4,14,18-19H2,1-2H3/t20-,27?/m0/s1. The van der Waals surface area contributed by atoms with Crippen LogP contribution in [0, 0.1) is 5.82 Å². The molecule has 4 rings (SSSR count). The molecule has 3 aromatic rings. The molecule has 2 aromatic carbocycles. The summed E-state index contributed by atoms with van der Waals surface area (Å²) in [6, 6.07) is 18.1. The Kier molecular flexibility index (Phi) is 6.77. The number of aliphatic hydroxyl groups is 1. The van der Waals surface area contributed by atoms with Gasteiger partial charge in [-0.15, -0.1) is 0 Å². The van der Waals surface area contributed by atoms with Gasteiger partial charge in [-0.25, -0.2) is 4.39 Å². The minimum atomic E-state index is -0.691. The van der Waals surface area contributed by atoms with E-state index in [4.69, 9.17) is 4.74 Å². The molecule has 0 fully saturated rings. The normalized spacial score (nSPS) is 19.0. The lowest BCUT2D eigenvalue weighted by Crippen LogP contribution is -2.38. The number of nitrogens with zero attached hydrogens (tertiary/aromatic N) is 2. The highest BCUT2D eigenvalue weighted by Crippen LogP contribution is 2.37. The molecule has 1 aliphatic heterocycles. The molecule has 6 heteroatoms. The smallest absolute Gasteiger partial charge is 0.258 e. The Morgan fingerprint density at radius 1 is 1.12 bits per heavy atom. The quantitative estimate of drug-likeness (QED) is 0.568. The largest absolute Gasteiger partial charge is 0.396 e. The number of rotatable bonds is 7. The van der Waals surface area contributed by atoms with E-state index < -0.39 is 5.60 Å². The van der Waals surface area contributed by atoms with Crippen molar-refractivity contribution in [1.82, 2.24) is 9.47 Å². The van der Waals surface area contributed by atoms with Crippen LogP contribution in [0.1, 0.15) is 36.9 Å². The maximum absolute atomic E-state index is 13.4. The summed E-state index contributed by atoms with van der Waals surface area (Å²) in [5, 5.41) is 9.36. The van der Waals surface area contributed by atoms with Crippen molar-refractivity contribution < 1.29 is 14.2 Å². The highest BCUT2D eigenvalue weighted by Gasteiger charge is 2.34. The third-order valence-electron chi connectivity index (χ3n) is 6.37. The molecular formula is C27H29FN2O3. The second-order valence-corrected chi connectivity index (χ2v) is 8.46. The minimum Gasteiger partial charge on any atom is -0.396 e. The lowest BCUT2D eigenvalue weighted by molar-refractivity contribution is -0.0887. The van der Waals surface area contributed by atoms with E-state index >= 15 is 0 Å². The second kappa shape index (κ2) is 9.73. The summed E-state index contributed by atoms with van der Waals surface area (Å²) < 4.78 is 21.3. The number of ether oxygens (including phenoxy) is 1. The van der Waals surface area contributed by atoms with Gasteiger partial charge in [0.15, 0.2) is 0 Å². The van der Waals surface area contributed by atoms with Crippen molar-refractivity contribution in [3.05, 3.63) is 106 Å². The fourth-order valence-electron chi connectivity index (χ4n) is 4.24. The van der Waals surface area contributed by atoms with Crippen molar-refractivity contribution in [2.75, 3.05) is 13.3 Å². The molecule has 0 radical (unpaired) electrons. The van der Waals surface area contributed by atoms with Crippen molar-refractivity contribution in [2.24, 2.45) is 7.05 Å². The first kappa shape index (κ1) is 23.0. The predicted molar refractivity (Wildman–Crippen MR) is 127 cm³/mol. The molecule has 1 aromatic heterocycles. The van der Waals surface area contributed by atoms with Crippen molar-refractivity contribution in [3.63, 3.8) is 0 Å². The molecule has 1 N–H and O–H groups in total. The summed E-state index contributed by atoms with van der Waals surface area (Å²) in [6.07, 6.45) is 6.96. The van der Waals surface area contributed by atoms with E-state index in [1.165, 1.54) is 12.1 Å². The average Bonchev–Trinajstić information content (AvgIpc) is 2.85. The zero-order valence-corrected chi connectivity index (χ0v) is 18.9. The van der Waals surface area contributed by atoms with Crippen LogP contribution in [0.5, 0.6) is 0 Å². The summed E-state index contributed by atoms with van der Waals surface area (Å²) >= 11 is 0. The van der Waals surface area contributed by atoms with Crippen molar-refractivity contribution in [3.8, 4) is 11.1 Å². The van der Waals surface area contributed by atoms with Crippen molar-refractivity contribution >= 4 is 0 Å². The van der Waals surface area contributed by atoms with Gasteiger partial charge in [0.05, 0.1) is 6.04 Å². The van der Waals surface area contributed by atoms with Crippen LogP contribution in [-0.4, -0.2) is 27.9 Å². The highest BCUT2D eigenvalue weighted by atomic mass is 19.1. The summed E-state index contributed by atoms with van der Waals surface area (Å²) in [5.41, 5.74) is 2.82. The van der Waals surface area contributed by atoms with Crippen LogP contribution in [0.2, 0.25) is 0 Å². The van der Waals surface area contributed by atoms with Crippen LogP contribution in [0.3, 0.4) is 0 Å². The van der Waals surface area contributed by atoms with Gasteiger partial charge in [0.2, 0.25) is 0 Å². The number of hydrogen-bond donors (Lipinski definition) is 1. The van der Waals surface area contributed by atoms with Crippen LogP contribution < -0.4 is 5.56 Å². The fourth-order valence-corrected chi connectivity index (χ4v) is 4.24. The minimum absolute atomic E-state index is 0.0225. The van der Waals surface area contributed by atoms with Gasteiger partial charge in [-0.05, 0) is 66.8 Å². The molecule has 2 heterocycles. The first-order valence-electron chi connectivity index (χ1n) is 11.2. The van der Waals surface area contributed by atoms with Crippen LogP contribution in [0.25, 0.3) is 11.1 Å². The average molecular weight is 449 g/mol. The van der Waals surface area contributed by atoms with Gasteiger partial charge in [0.25, 0.3) is 5.56 Å². The number of halogens is 1. The Balaban J connectivity index is 1.54. The second-order valence-electron chi connectivity index (χ2n) is 8.46. The zero-order valence-electron chi connectivity index (χ0n) is 18.9. The van der Waals surface area contributed by atoms with Crippen molar-refractivity contribution in [1.29, 1.82) is 0 Å². The number of pyridine rings is 1. The molecule has 0 amide bonds. The maximum Gasteiger partial charge on any atom is 0.258 e. The SMILES string of the molecule is C[C@@H](c1ccc(-c2cccn(C)c2=O)cc1)N1C=CC(CCCO)(c2ccc(F)cc2)OC1. The summed E-state index contributed by atoms with van der Waals surface area (Å²) in [6.45, 7) is 2.53. The zero-order chi connectivity index (χ0) is 23.4. The Morgan fingerprint density at radius 3 is 2.48 bits per heavy atom. The van der Waals surface area contributed by atoms with E-state index in [-0.39, 0.29) is 24.0 Å². The number of benzene rings is 2. The van der Waals surface area contributed by atoms with Gasteiger partial charge in [-0.1, -0.05) is 36.4 Å². The van der Waals surface area contributed by atoms with E-state index in [2.05, 4.69) is 11.8 Å². The molecule has 172 valence electrons. The van der Waals surface area contributed by atoms with E-state index in [0.29, 0.717) is 25.1 Å². The van der Waals surface area contributed by atoms with Crippen LogP contribution >= 0.6 is 0 Å². The Labute approximate surface area is 193 Å². The summed E-state index contributed by atoms with van der Waals surface area (Å²) in [5.74, 6) is -0.289.